The summed E-state index contributed by atoms with van der Waals surface area (Å²) in [5, 5.41) is 0. The molecule has 0 aliphatic carbocycles. The predicted octanol–water partition coefficient (Wildman–Crippen LogP) is 2.42. The Morgan fingerprint density at radius 3 is 3.05 bits per heavy atom. The Morgan fingerprint density at radius 2 is 2.23 bits per heavy atom. The van der Waals surface area contributed by atoms with Gasteiger partial charge in [0.05, 0.1) is 6.04 Å². The van der Waals surface area contributed by atoms with Crippen LogP contribution >= 0.6 is 0 Å². The van der Waals surface area contributed by atoms with Crippen LogP contribution in [-0.4, -0.2) is 34.1 Å². The summed E-state index contributed by atoms with van der Waals surface area (Å²) in [7, 11) is 0. The monoisotopic (exact) mass is 299 g/mol. The van der Waals surface area contributed by atoms with E-state index in [2.05, 4.69) is 9.97 Å². The molecule has 1 atom stereocenters. The lowest BCUT2D eigenvalue weighted by molar-refractivity contribution is 0.0730. The molecule has 1 saturated heterocycles. The molecule has 0 spiro atoms. The summed E-state index contributed by atoms with van der Waals surface area (Å²) in [6.45, 7) is 2.93. The third kappa shape index (κ3) is 2.11. The summed E-state index contributed by atoms with van der Waals surface area (Å²) in [5.41, 5.74) is 1.64. The number of likely N-dealkylation sites (tertiary alicyclic amines) is 1. The van der Waals surface area contributed by atoms with Crippen LogP contribution in [0.25, 0.3) is 0 Å². The predicted molar refractivity (Wildman–Crippen MR) is 78.9 cm³/mol. The lowest BCUT2D eigenvalue weighted by Gasteiger charge is -2.23. The van der Waals surface area contributed by atoms with Gasteiger partial charge in [0.25, 0.3) is 5.91 Å². The molecule has 114 valence electrons. The molecule has 6 nitrogen and oxygen atoms in total. The maximum Gasteiger partial charge on any atom is 0.254 e. The van der Waals surface area contributed by atoms with E-state index in [0.29, 0.717) is 17.1 Å². The molecule has 0 bridgehead atoms. The van der Waals surface area contributed by atoms with Gasteiger partial charge in [-0.1, -0.05) is 0 Å². The summed E-state index contributed by atoms with van der Waals surface area (Å²) >= 11 is 0. The van der Waals surface area contributed by atoms with Gasteiger partial charge in [-0.2, -0.15) is 0 Å². The van der Waals surface area contributed by atoms with Crippen LogP contribution in [0.3, 0.4) is 0 Å². The van der Waals surface area contributed by atoms with Gasteiger partial charge < -0.3 is 19.4 Å². The molecule has 22 heavy (non-hydrogen) atoms. The van der Waals surface area contributed by atoms with Crippen molar-refractivity contribution in [2.75, 3.05) is 13.3 Å². The van der Waals surface area contributed by atoms with Gasteiger partial charge in [-0.05, 0) is 38.0 Å². The number of aryl methyl sites for hydroxylation is 1. The van der Waals surface area contributed by atoms with Crippen LogP contribution in [0, 0.1) is 6.92 Å². The lowest BCUT2D eigenvalue weighted by atomic mass is 10.1. The highest BCUT2D eigenvalue weighted by Crippen LogP contribution is 2.35. The van der Waals surface area contributed by atoms with Crippen molar-refractivity contribution in [3.63, 3.8) is 0 Å². The first-order valence-electron chi connectivity index (χ1n) is 7.44. The fraction of sp³-hybridized carbons (Fsp3) is 0.375. The molecular weight excluding hydrogens is 282 g/mol. The van der Waals surface area contributed by atoms with E-state index in [9.17, 15) is 4.79 Å². The minimum atomic E-state index is 0.00912. The van der Waals surface area contributed by atoms with Gasteiger partial charge >= 0.3 is 0 Å². The first-order valence-corrected chi connectivity index (χ1v) is 7.44. The molecule has 0 radical (unpaired) electrons. The highest BCUT2D eigenvalue weighted by molar-refractivity contribution is 5.95. The van der Waals surface area contributed by atoms with E-state index in [-0.39, 0.29) is 18.7 Å². The van der Waals surface area contributed by atoms with Gasteiger partial charge in [-0.3, -0.25) is 4.79 Å². The third-order valence-corrected chi connectivity index (χ3v) is 4.17. The number of imidazole rings is 1. The van der Waals surface area contributed by atoms with Crippen LogP contribution < -0.4 is 9.47 Å². The Morgan fingerprint density at radius 1 is 1.36 bits per heavy atom. The Hall–Kier alpha value is -2.50. The van der Waals surface area contributed by atoms with Crippen LogP contribution in [0.5, 0.6) is 11.5 Å². The van der Waals surface area contributed by atoms with Crippen LogP contribution in [0.4, 0.5) is 0 Å². The zero-order valence-electron chi connectivity index (χ0n) is 12.3. The average Bonchev–Trinajstić information content (AvgIpc) is 3.25. The Labute approximate surface area is 128 Å². The molecule has 2 aliphatic rings. The zero-order valence-corrected chi connectivity index (χ0v) is 12.3. The molecule has 4 rings (SSSR count). The van der Waals surface area contributed by atoms with E-state index in [0.717, 1.165) is 30.9 Å². The molecule has 1 N–H and O–H groups in total. The van der Waals surface area contributed by atoms with Crippen molar-refractivity contribution in [2.45, 2.75) is 25.8 Å². The van der Waals surface area contributed by atoms with Gasteiger partial charge in [-0.25, -0.2) is 4.98 Å². The number of benzene rings is 1. The molecule has 1 fully saturated rings. The summed E-state index contributed by atoms with van der Waals surface area (Å²) in [4.78, 5) is 22.3. The quantitative estimate of drug-likeness (QED) is 0.924. The smallest absolute Gasteiger partial charge is 0.254 e. The molecule has 2 aromatic rings. The number of hydrogen-bond donors (Lipinski definition) is 1. The van der Waals surface area contributed by atoms with E-state index < -0.39 is 0 Å². The number of carbonyl (C=O) groups is 1. The number of fused-ring (bicyclic) bond motifs is 1. The van der Waals surface area contributed by atoms with Gasteiger partial charge in [0.2, 0.25) is 6.79 Å². The Balaban J connectivity index is 1.61. The fourth-order valence-electron chi connectivity index (χ4n) is 3.09. The number of hydrogen-bond acceptors (Lipinski definition) is 4. The van der Waals surface area contributed by atoms with E-state index in [1.54, 1.807) is 24.4 Å². The number of rotatable bonds is 2. The van der Waals surface area contributed by atoms with Crippen molar-refractivity contribution in [1.29, 1.82) is 0 Å². The number of carbonyl (C=O) groups excluding carboxylic acids is 1. The van der Waals surface area contributed by atoms with Gasteiger partial charge in [0, 0.05) is 24.0 Å². The zero-order chi connectivity index (χ0) is 15.1. The molecule has 3 heterocycles. The maximum atomic E-state index is 12.8. The highest BCUT2D eigenvalue weighted by atomic mass is 16.7. The Bertz CT molecular complexity index is 725. The second kappa shape index (κ2) is 5.05. The standard InChI is InChI=1S/C16H17N3O3/c1-10-8-17-15(18-10)12-3-2-6-19(12)16(20)11-4-5-13-14(7-11)22-9-21-13/h4-5,7-8,12H,2-3,6,9H2,1H3,(H,17,18). The average molecular weight is 299 g/mol. The van der Waals surface area contributed by atoms with Crippen LogP contribution in [0.2, 0.25) is 0 Å². The van der Waals surface area contributed by atoms with Gasteiger partial charge in [0.1, 0.15) is 5.82 Å². The number of aromatic amines is 1. The van der Waals surface area contributed by atoms with Gasteiger partial charge in [-0.15, -0.1) is 0 Å². The second-order valence-electron chi connectivity index (χ2n) is 5.68. The first-order chi connectivity index (χ1) is 10.7. The minimum Gasteiger partial charge on any atom is -0.454 e. The minimum absolute atomic E-state index is 0.00912. The number of nitrogens with zero attached hydrogens (tertiary/aromatic N) is 2. The normalized spacial score (nSPS) is 19.7. The topological polar surface area (TPSA) is 67.5 Å². The fourth-order valence-corrected chi connectivity index (χ4v) is 3.09. The van der Waals surface area contributed by atoms with Crippen molar-refractivity contribution in [1.82, 2.24) is 14.9 Å². The largest absolute Gasteiger partial charge is 0.454 e. The number of H-pyrrole nitrogens is 1. The van der Waals surface area contributed by atoms with Crippen molar-refractivity contribution >= 4 is 5.91 Å². The number of aromatic nitrogens is 2. The Kier molecular flexibility index (Phi) is 3.03. The van der Waals surface area contributed by atoms with Crippen molar-refractivity contribution in [2.24, 2.45) is 0 Å². The van der Waals surface area contributed by atoms with E-state index >= 15 is 0 Å². The molecular formula is C16H17N3O3. The van der Waals surface area contributed by atoms with Crippen LogP contribution in [0.1, 0.15) is 40.8 Å². The summed E-state index contributed by atoms with van der Waals surface area (Å²) in [6.07, 6.45) is 3.72. The summed E-state index contributed by atoms with van der Waals surface area (Å²) in [6, 6.07) is 5.36. The highest BCUT2D eigenvalue weighted by Gasteiger charge is 2.33. The molecule has 1 aromatic heterocycles. The second-order valence-corrected chi connectivity index (χ2v) is 5.68. The number of amides is 1. The number of ether oxygens (including phenoxy) is 2. The van der Waals surface area contributed by atoms with E-state index in [4.69, 9.17) is 9.47 Å². The molecule has 1 amide bonds. The summed E-state index contributed by atoms with van der Waals surface area (Å²) in [5.74, 6) is 2.20. The maximum absolute atomic E-state index is 12.8. The molecule has 1 aromatic carbocycles. The third-order valence-electron chi connectivity index (χ3n) is 4.17. The van der Waals surface area contributed by atoms with Crippen molar-refractivity contribution in [3.05, 3.63) is 41.5 Å². The van der Waals surface area contributed by atoms with Crippen molar-refractivity contribution in [3.8, 4) is 11.5 Å². The first kappa shape index (κ1) is 13.2. The van der Waals surface area contributed by atoms with E-state index in [1.807, 2.05) is 11.8 Å². The molecule has 1 unspecified atom stereocenters. The molecule has 6 heteroatoms. The molecule has 0 saturated carbocycles. The lowest BCUT2D eigenvalue weighted by Crippen LogP contribution is -2.31. The summed E-state index contributed by atoms with van der Waals surface area (Å²) < 4.78 is 10.6. The van der Waals surface area contributed by atoms with Crippen LogP contribution in [-0.2, 0) is 0 Å². The SMILES string of the molecule is Cc1cnc(C2CCCN2C(=O)c2ccc3c(c2)OCO3)[nH]1. The van der Waals surface area contributed by atoms with Crippen molar-refractivity contribution < 1.29 is 14.3 Å². The molecule has 2 aliphatic heterocycles. The number of nitrogens with one attached hydrogen (secondary N) is 1. The van der Waals surface area contributed by atoms with Crippen LogP contribution in [0.15, 0.2) is 24.4 Å². The van der Waals surface area contributed by atoms with Gasteiger partial charge in [0.15, 0.2) is 11.5 Å². The van der Waals surface area contributed by atoms with E-state index in [1.165, 1.54) is 0 Å².